The topological polar surface area (TPSA) is 70.6 Å². The highest BCUT2D eigenvalue weighted by Gasteiger charge is 2.09. The number of hydrazone groups is 1. The van der Waals surface area contributed by atoms with Crippen LogP contribution in [0.15, 0.2) is 52.0 Å². The smallest absolute Gasteiger partial charge is 0.240 e. The zero-order valence-electron chi connectivity index (χ0n) is 14.5. The minimum absolute atomic E-state index is 0.0512. The summed E-state index contributed by atoms with van der Waals surface area (Å²) >= 11 is 9.26. The summed E-state index contributed by atoms with van der Waals surface area (Å²) in [6.45, 7) is 3.66. The first-order valence-corrected chi connectivity index (χ1v) is 9.17. The molecule has 0 aromatic heterocycles. The number of rotatable bonds is 6. The van der Waals surface area contributed by atoms with Gasteiger partial charge in [0.2, 0.25) is 11.8 Å². The molecule has 0 unspecified atom stereocenters. The summed E-state index contributed by atoms with van der Waals surface area (Å²) in [7, 11) is 0. The van der Waals surface area contributed by atoms with E-state index in [1.165, 1.54) is 0 Å². The summed E-state index contributed by atoms with van der Waals surface area (Å²) in [4.78, 5) is 23.9. The normalized spacial score (nSPS) is 11.2. The van der Waals surface area contributed by atoms with Gasteiger partial charge in [0.1, 0.15) is 0 Å². The van der Waals surface area contributed by atoms with Crippen molar-refractivity contribution in [3.05, 3.63) is 63.1 Å². The second-order valence-corrected chi connectivity index (χ2v) is 7.10. The number of hydrogen-bond acceptors (Lipinski definition) is 3. The lowest BCUT2D eigenvalue weighted by atomic mass is 10.1. The summed E-state index contributed by atoms with van der Waals surface area (Å²) < 4.78 is 0.972. The quantitative estimate of drug-likeness (QED) is 0.510. The fourth-order valence-corrected chi connectivity index (χ4v) is 2.66. The van der Waals surface area contributed by atoms with Gasteiger partial charge in [0.05, 0.1) is 5.71 Å². The number of halogens is 2. The van der Waals surface area contributed by atoms with E-state index in [2.05, 4.69) is 31.8 Å². The van der Waals surface area contributed by atoms with E-state index in [1.807, 2.05) is 31.2 Å². The SMILES string of the molecule is C/C(=N\NC(=O)CCC(=O)Nc1ccc(Cl)cc1C)c1ccc(Br)cc1. The zero-order valence-corrected chi connectivity index (χ0v) is 16.8. The van der Waals surface area contributed by atoms with E-state index in [0.717, 1.165) is 15.6 Å². The highest BCUT2D eigenvalue weighted by molar-refractivity contribution is 9.10. The highest BCUT2D eigenvalue weighted by atomic mass is 79.9. The molecule has 0 radical (unpaired) electrons. The van der Waals surface area contributed by atoms with Crippen molar-refractivity contribution in [2.24, 2.45) is 5.10 Å². The molecule has 0 aliphatic rings. The summed E-state index contributed by atoms with van der Waals surface area (Å²) in [6.07, 6.45) is 0.121. The van der Waals surface area contributed by atoms with Gasteiger partial charge in [0, 0.05) is 28.0 Å². The van der Waals surface area contributed by atoms with Gasteiger partial charge in [-0.3, -0.25) is 9.59 Å². The van der Waals surface area contributed by atoms with E-state index in [4.69, 9.17) is 11.6 Å². The average Bonchev–Trinajstić information content (AvgIpc) is 2.61. The summed E-state index contributed by atoms with van der Waals surface area (Å²) in [5, 5.41) is 7.45. The molecule has 26 heavy (non-hydrogen) atoms. The molecule has 0 saturated heterocycles. The van der Waals surface area contributed by atoms with Crippen LogP contribution >= 0.6 is 27.5 Å². The van der Waals surface area contributed by atoms with Gasteiger partial charge in [-0.1, -0.05) is 39.7 Å². The van der Waals surface area contributed by atoms with E-state index < -0.39 is 0 Å². The van der Waals surface area contributed by atoms with Crippen LogP contribution in [0.2, 0.25) is 5.02 Å². The van der Waals surface area contributed by atoms with Crippen LogP contribution in [0.4, 0.5) is 5.69 Å². The number of carbonyl (C=O) groups excluding carboxylic acids is 2. The lowest BCUT2D eigenvalue weighted by Crippen LogP contribution is -2.22. The first-order valence-electron chi connectivity index (χ1n) is 8.00. The molecule has 0 spiro atoms. The van der Waals surface area contributed by atoms with Crippen LogP contribution in [-0.4, -0.2) is 17.5 Å². The number of hydrogen-bond donors (Lipinski definition) is 2. The van der Waals surface area contributed by atoms with Crippen LogP contribution in [0.3, 0.4) is 0 Å². The lowest BCUT2D eigenvalue weighted by Gasteiger charge is -2.08. The highest BCUT2D eigenvalue weighted by Crippen LogP contribution is 2.19. The van der Waals surface area contributed by atoms with Crippen LogP contribution in [0.25, 0.3) is 0 Å². The second kappa shape index (κ2) is 9.50. The predicted octanol–water partition coefficient (Wildman–Crippen LogP) is 4.67. The second-order valence-electron chi connectivity index (χ2n) is 5.75. The van der Waals surface area contributed by atoms with Crippen molar-refractivity contribution in [2.75, 3.05) is 5.32 Å². The lowest BCUT2D eigenvalue weighted by molar-refractivity contribution is -0.124. The molecule has 5 nitrogen and oxygen atoms in total. The van der Waals surface area contributed by atoms with Crippen LogP contribution < -0.4 is 10.7 Å². The molecule has 2 N–H and O–H groups in total. The third-order valence-corrected chi connectivity index (χ3v) is 4.42. The summed E-state index contributed by atoms with van der Waals surface area (Å²) in [5.74, 6) is -0.552. The number of nitrogens with zero attached hydrogens (tertiary/aromatic N) is 1. The number of nitrogens with one attached hydrogen (secondary N) is 2. The van der Waals surface area contributed by atoms with Gasteiger partial charge in [0.25, 0.3) is 0 Å². The Morgan fingerprint density at radius 3 is 2.38 bits per heavy atom. The van der Waals surface area contributed by atoms with Gasteiger partial charge in [-0.05, 0) is 55.3 Å². The van der Waals surface area contributed by atoms with Crippen LogP contribution in [0.1, 0.15) is 30.9 Å². The molecule has 2 amide bonds. The van der Waals surface area contributed by atoms with Gasteiger partial charge in [-0.15, -0.1) is 0 Å². The molecule has 2 aromatic rings. The molecule has 0 heterocycles. The van der Waals surface area contributed by atoms with Crippen LogP contribution in [-0.2, 0) is 9.59 Å². The van der Waals surface area contributed by atoms with Crippen LogP contribution in [0.5, 0.6) is 0 Å². The number of aryl methyl sites for hydroxylation is 1. The Kier molecular flexibility index (Phi) is 7.36. The van der Waals surface area contributed by atoms with E-state index in [1.54, 1.807) is 25.1 Å². The predicted molar refractivity (Wildman–Crippen MR) is 109 cm³/mol. The molecule has 7 heteroatoms. The molecule has 0 aliphatic carbocycles. The Morgan fingerprint density at radius 2 is 1.73 bits per heavy atom. The Balaban J connectivity index is 1.81. The largest absolute Gasteiger partial charge is 0.326 e. The minimum atomic E-state index is -0.315. The van der Waals surface area contributed by atoms with Gasteiger partial charge in [-0.2, -0.15) is 5.10 Å². The standard InChI is InChI=1S/C19H19BrClN3O2/c1-12-11-16(21)7-8-17(12)22-18(25)9-10-19(26)24-23-13(2)14-3-5-15(20)6-4-14/h3-8,11H,9-10H2,1-2H3,(H,22,25)(H,24,26)/b23-13+. The molecule has 0 fully saturated rings. The Hall–Kier alpha value is -2.18. The monoisotopic (exact) mass is 435 g/mol. The molecule has 136 valence electrons. The molecular weight excluding hydrogens is 418 g/mol. The van der Waals surface area contributed by atoms with Crippen molar-refractivity contribution in [2.45, 2.75) is 26.7 Å². The summed E-state index contributed by atoms with van der Waals surface area (Å²) in [6, 6.07) is 12.8. The molecule has 0 bridgehead atoms. The number of anilines is 1. The van der Waals surface area contributed by atoms with Gasteiger partial charge in [-0.25, -0.2) is 5.43 Å². The zero-order chi connectivity index (χ0) is 19.1. The first-order chi connectivity index (χ1) is 12.3. The van der Waals surface area contributed by atoms with Gasteiger partial charge >= 0.3 is 0 Å². The maximum Gasteiger partial charge on any atom is 0.240 e. The third-order valence-electron chi connectivity index (χ3n) is 3.65. The molecule has 0 atom stereocenters. The van der Waals surface area contributed by atoms with E-state index in [0.29, 0.717) is 16.4 Å². The molecule has 0 aliphatic heterocycles. The summed E-state index contributed by atoms with van der Waals surface area (Å²) in [5.41, 5.74) is 5.62. The maximum absolute atomic E-state index is 12.0. The van der Waals surface area contributed by atoms with Crippen molar-refractivity contribution in [1.82, 2.24) is 5.43 Å². The maximum atomic E-state index is 12.0. The van der Waals surface area contributed by atoms with E-state index >= 15 is 0 Å². The van der Waals surface area contributed by atoms with Crippen molar-refractivity contribution in [3.63, 3.8) is 0 Å². The van der Waals surface area contributed by atoms with Crippen molar-refractivity contribution < 1.29 is 9.59 Å². The molecule has 2 rings (SSSR count). The molecular formula is C19H19BrClN3O2. The van der Waals surface area contributed by atoms with Crippen molar-refractivity contribution >= 4 is 50.7 Å². The minimum Gasteiger partial charge on any atom is -0.326 e. The van der Waals surface area contributed by atoms with Crippen LogP contribution in [0, 0.1) is 6.92 Å². The Bertz CT molecular complexity index is 835. The number of benzene rings is 2. The average molecular weight is 437 g/mol. The van der Waals surface area contributed by atoms with Gasteiger partial charge < -0.3 is 5.32 Å². The van der Waals surface area contributed by atoms with E-state index in [-0.39, 0.29) is 24.7 Å². The van der Waals surface area contributed by atoms with E-state index in [9.17, 15) is 9.59 Å². The fourth-order valence-electron chi connectivity index (χ4n) is 2.16. The van der Waals surface area contributed by atoms with Gasteiger partial charge in [0.15, 0.2) is 0 Å². The number of carbonyl (C=O) groups is 2. The first kappa shape index (κ1) is 20.1. The fraction of sp³-hybridized carbons (Fsp3) is 0.211. The van der Waals surface area contributed by atoms with Crippen molar-refractivity contribution in [3.8, 4) is 0 Å². The Morgan fingerprint density at radius 1 is 1.08 bits per heavy atom. The molecule has 2 aromatic carbocycles. The number of amides is 2. The third kappa shape index (κ3) is 6.28. The van der Waals surface area contributed by atoms with Crippen molar-refractivity contribution in [1.29, 1.82) is 0 Å². The Labute approximate surface area is 166 Å². The molecule has 0 saturated carbocycles.